The largest absolute Gasteiger partial charge is 0.497 e. The number of fused-ring (bicyclic) bond motifs is 2. The van der Waals surface area contributed by atoms with Crippen LogP contribution in [0.3, 0.4) is 0 Å². The first-order valence-electron chi connectivity index (χ1n) is 13.9. The molecule has 3 atom stereocenters. The number of carboxylic acids is 1. The molecule has 40 heavy (non-hydrogen) atoms. The van der Waals surface area contributed by atoms with E-state index in [1.54, 1.807) is 19.2 Å². The number of rotatable bonds is 7. The molecule has 0 heterocycles. The van der Waals surface area contributed by atoms with Gasteiger partial charge in [-0.15, -0.1) is 0 Å². The molecule has 6 rings (SSSR count). The van der Waals surface area contributed by atoms with Crippen LogP contribution in [0.4, 0.5) is 13.2 Å². The molecule has 1 N–H and O–H groups in total. The maximum atomic E-state index is 15.7. The van der Waals surface area contributed by atoms with Gasteiger partial charge in [-0.05, 0) is 83.9 Å². The molecule has 2 fully saturated rings. The van der Waals surface area contributed by atoms with Gasteiger partial charge in [0.05, 0.1) is 13.0 Å². The first-order valence-corrected chi connectivity index (χ1v) is 13.9. The molecule has 0 bridgehead atoms. The number of aliphatic carboxylic acids is 1. The van der Waals surface area contributed by atoms with Gasteiger partial charge >= 0.3 is 5.97 Å². The number of hydrogen-bond acceptors (Lipinski definition) is 3. The molecule has 3 aromatic carbocycles. The van der Waals surface area contributed by atoms with Crippen molar-refractivity contribution in [1.82, 2.24) is 0 Å². The lowest BCUT2D eigenvalue weighted by Crippen LogP contribution is -2.17. The molecule has 0 aromatic heterocycles. The van der Waals surface area contributed by atoms with Crippen LogP contribution in [0.2, 0.25) is 0 Å². The third kappa shape index (κ3) is 4.25. The molecule has 0 aliphatic heterocycles. The predicted molar refractivity (Wildman–Crippen MR) is 145 cm³/mol. The molecule has 3 aliphatic rings. The third-order valence-electron chi connectivity index (χ3n) is 9.58. The van der Waals surface area contributed by atoms with Crippen molar-refractivity contribution in [2.45, 2.75) is 70.3 Å². The van der Waals surface area contributed by atoms with Crippen LogP contribution in [0.15, 0.2) is 42.5 Å². The van der Waals surface area contributed by atoms with Crippen molar-refractivity contribution in [3.8, 4) is 22.6 Å². The summed E-state index contributed by atoms with van der Waals surface area (Å²) in [5.41, 5.74) is 2.61. The van der Waals surface area contributed by atoms with Crippen molar-refractivity contribution in [3.63, 3.8) is 0 Å². The number of benzene rings is 3. The molecular weight excluding hydrogens is 517 g/mol. The SMILES string of the molecule is COc1ccc(F)c(-c2ccc(COc3cc(F)c4c(c3F)[C@@]3(CC4)C[C@H]3C(=O)O)cc2[C@@H]2CCCC2(C)C)c1. The summed E-state index contributed by atoms with van der Waals surface area (Å²) >= 11 is 0. The van der Waals surface area contributed by atoms with Crippen LogP contribution in [0.1, 0.15) is 74.1 Å². The van der Waals surface area contributed by atoms with Crippen LogP contribution in [-0.4, -0.2) is 18.2 Å². The fourth-order valence-corrected chi connectivity index (χ4v) is 7.30. The minimum absolute atomic E-state index is 0.00841. The Labute approximate surface area is 232 Å². The number of carboxylic acid groups (broad SMARTS) is 1. The smallest absolute Gasteiger partial charge is 0.307 e. The number of halogens is 3. The van der Waals surface area contributed by atoms with Crippen LogP contribution in [0, 0.1) is 28.8 Å². The van der Waals surface area contributed by atoms with E-state index in [1.807, 2.05) is 18.2 Å². The Bertz CT molecular complexity index is 1510. The van der Waals surface area contributed by atoms with E-state index in [-0.39, 0.29) is 40.6 Å². The standard InChI is InChI=1S/C33H33F3O4/c1-32(2)11-4-5-24(32)22-13-18(6-8-20(22)23-14-19(39-3)7-9-26(23)34)17-40-28-15-27(35)21-10-12-33(29(21)30(28)36)16-25(33)31(37)38/h6-9,13-15,24-25H,4-5,10-12,16-17H2,1-3H3,(H,37,38)/t24-,25-,33-/m0/s1. The van der Waals surface area contributed by atoms with Gasteiger partial charge in [0.2, 0.25) is 0 Å². The summed E-state index contributed by atoms with van der Waals surface area (Å²) in [7, 11) is 1.55. The zero-order valence-electron chi connectivity index (χ0n) is 23.0. The Morgan fingerprint density at radius 3 is 2.50 bits per heavy atom. The molecule has 0 unspecified atom stereocenters. The van der Waals surface area contributed by atoms with Crippen molar-refractivity contribution < 1.29 is 32.5 Å². The highest BCUT2D eigenvalue weighted by molar-refractivity contribution is 5.78. The monoisotopic (exact) mass is 550 g/mol. The van der Waals surface area contributed by atoms with Gasteiger partial charge in [-0.3, -0.25) is 4.79 Å². The molecule has 2 saturated carbocycles. The molecule has 1 spiro atoms. The molecule has 7 heteroatoms. The van der Waals surface area contributed by atoms with Gasteiger partial charge in [-0.1, -0.05) is 38.5 Å². The number of ether oxygens (including phenoxy) is 2. The maximum absolute atomic E-state index is 15.7. The van der Waals surface area contributed by atoms with Crippen molar-refractivity contribution in [2.24, 2.45) is 11.3 Å². The second-order valence-electron chi connectivity index (χ2n) is 12.3. The van der Waals surface area contributed by atoms with Crippen molar-refractivity contribution in [1.29, 1.82) is 0 Å². The van der Waals surface area contributed by atoms with Crippen molar-refractivity contribution >= 4 is 5.97 Å². The topological polar surface area (TPSA) is 55.8 Å². The Balaban J connectivity index is 1.35. The molecule has 0 radical (unpaired) electrons. The minimum Gasteiger partial charge on any atom is -0.497 e. The summed E-state index contributed by atoms with van der Waals surface area (Å²) < 4.78 is 57.0. The molecule has 0 saturated heterocycles. The van der Waals surface area contributed by atoms with Gasteiger partial charge < -0.3 is 14.6 Å². The highest BCUT2D eigenvalue weighted by Gasteiger charge is 2.63. The number of methoxy groups -OCH3 is 1. The third-order valence-corrected chi connectivity index (χ3v) is 9.58. The quantitative estimate of drug-likeness (QED) is 0.325. The normalized spacial score (nSPS) is 24.2. The zero-order valence-corrected chi connectivity index (χ0v) is 23.0. The fraction of sp³-hybridized carbons (Fsp3) is 0.424. The average molecular weight is 551 g/mol. The lowest BCUT2D eigenvalue weighted by atomic mass is 9.75. The summed E-state index contributed by atoms with van der Waals surface area (Å²) in [6.45, 7) is 4.44. The van der Waals surface area contributed by atoms with E-state index >= 15 is 13.2 Å². The van der Waals surface area contributed by atoms with E-state index < -0.39 is 28.9 Å². The molecule has 3 aromatic rings. The summed E-state index contributed by atoms with van der Waals surface area (Å²) in [6.07, 6.45) is 4.16. The van der Waals surface area contributed by atoms with Crippen LogP contribution in [-0.2, 0) is 23.2 Å². The second-order valence-corrected chi connectivity index (χ2v) is 12.3. The van der Waals surface area contributed by atoms with Gasteiger partial charge in [-0.25, -0.2) is 13.2 Å². The summed E-state index contributed by atoms with van der Waals surface area (Å²) in [4.78, 5) is 11.6. The zero-order chi connectivity index (χ0) is 28.4. The lowest BCUT2D eigenvalue weighted by Gasteiger charge is -2.30. The second kappa shape index (κ2) is 9.57. The van der Waals surface area contributed by atoms with Gasteiger partial charge in [-0.2, -0.15) is 0 Å². The predicted octanol–water partition coefficient (Wildman–Crippen LogP) is 7.94. The van der Waals surface area contributed by atoms with Crippen molar-refractivity contribution in [2.75, 3.05) is 7.11 Å². The van der Waals surface area contributed by atoms with E-state index in [1.165, 1.54) is 6.07 Å². The molecule has 3 aliphatic carbocycles. The summed E-state index contributed by atoms with van der Waals surface area (Å²) in [5.74, 6) is -2.70. The Morgan fingerprint density at radius 1 is 1.02 bits per heavy atom. The lowest BCUT2D eigenvalue weighted by molar-refractivity contribution is -0.139. The van der Waals surface area contributed by atoms with Gasteiger partial charge in [0.25, 0.3) is 0 Å². The highest BCUT2D eigenvalue weighted by Crippen LogP contribution is 2.63. The van der Waals surface area contributed by atoms with Gasteiger partial charge in [0.1, 0.15) is 24.0 Å². The molecule has 210 valence electrons. The Hall–Kier alpha value is -3.48. The first kappa shape index (κ1) is 26.7. The van der Waals surface area contributed by atoms with Crippen LogP contribution in [0.5, 0.6) is 11.5 Å². The summed E-state index contributed by atoms with van der Waals surface area (Å²) in [5, 5.41) is 9.51. The van der Waals surface area contributed by atoms with E-state index in [9.17, 15) is 9.90 Å². The number of hydrogen-bond donors (Lipinski definition) is 1. The summed E-state index contributed by atoms with van der Waals surface area (Å²) in [6, 6.07) is 11.5. The highest BCUT2D eigenvalue weighted by atomic mass is 19.1. The van der Waals surface area contributed by atoms with Gasteiger partial charge in [0.15, 0.2) is 11.6 Å². The number of carbonyl (C=O) groups is 1. The maximum Gasteiger partial charge on any atom is 0.307 e. The average Bonchev–Trinajstić information content (AvgIpc) is 3.36. The first-order chi connectivity index (χ1) is 19.1. The van der Waals surface area contributed by atoms with Crippen LogP contribution >= 0.6 is 0 Å². The minimum atomic E-state index is -0.978. The van der Waals surface area contributed by atoms with Crippen LogP contribution in [0.25, 0.3) is 11.1 Å². The van der Waals surface area contributed by atoms with E-state index in [2.05, 4.69) is 13.8 Å². The van der Waals surface area contributed by atoms with E-state index in [4.69, 9.17) is 9.47 Å². The van der Waals surface area contributed by atoms with E-state index in [0.29, 0.717) is 30.6 Å². The Morgan fingerprint density at radius 2 is 1.82 bits per heavy atom. The molecule has 0 amide bonds. The van der Waals surface area contributed by atoms with E-state index in [0.717, 1.165) is 42.0 Å². The molecule has 4 nitrogen and oxygen atoms in total. The molecular formula is C33H33F3O4. The van der Waals surface area contributed by atoms with Crippen LogP contribution < -0.4 is 9.47 Å². The Kier molecular flexibility index (Phi) is 6.39. The van der Waals surface area contributed by atoms with Gasteiger partial charge in [0, 0.05) is 22.6 Å². The van der Waals surface area contributed by atoms with Crippen molar-refractivity contribution in [3.05, 3.63) is 82.2 Å². The fourth-order valence-electron chi connectivity index (χ4n) is 7.30.